The summed E-state index contributed by atoms with van der Waals surface area (Å²) in [7, 11) is 0. The van der Waals surface area contributed by atoms with Crippen molar-refractivity contribution in [3.8, 4) is 0 Å². The Balaban J connectivity index is 0.00000289. The fourth-order valence-corrected chi connectivity index (χ4v) is 2.84. The lowest BCUT2D eigenvalue weighted by atomic mass is 9.90. The van der Waals surface area contributed by atoms with Crippen LogP contribution in [0.15, 0.2) is 11.4 Å². The van der Waals surface area contributed by atoms with Gasteiger partial charge in [-0.15, -0.1) is 23.7 Å². The molecule has 3 N–H and O–H groups in total. The molecule has 1 aromatic rings. The van der Waals surface area contributed by atoms with E-state index in [0.29, 0.717) is 12.5 Å². The van der Waals surface area contributed by atoms with E-state index in [4.69, 9.17) is 5.73 Å². The SMILES string of the molecule is Cc1ccsc1C(=O)NC(C)(CN)CC(C)C.Cl. The highest BCUT2D eigenvalue weighted by atomic mass is 35.5. The Morgan fingerprint density at radius 1 is 1.56 bits per heavy atom. The van der Waals surface area contributed by atoms with Gasteiger partial charge in [-0.2, -0.15) is 0 Å². The molecule has 0 saturated carbocycles. The summed E-state index contributed by atoms with van der Waals surface area (Å²) in [6.07, 6.45) is 0.889. The number of hydrogen-bond acceptors (Lipinski definition) is 3. The third-order valence-corrected chi connectivity index (χ3v) is 3.81. The van der Waals surface area contributed by atoms with Crippen molar-refractivity contribution in [3.05, 3.63) is 21.9 Å². The molecule has 1 heterocycles. The highest BCUT2D eigenvalue weighted by Crippen LogP contribution is 2.19. The van der Waals surface area contributed by atoms with Crippen LogP contribution >= 0.6 is 23.7 Å². The van der Waals surface area contributed by atoms with Crippen LogP contribution in [0.2, 0.25) is 0 Å². The van der Waals surface area contributed by atoms with Gasteiger partial charge in [-0.05, 0) is 43.2 Å². The number of hydrogen-bond donors (Lipinski definition) is 2. The Hall–Kier alpha value is -0.580. The third kappa shape index (κ3) is 4.59. The van der Waals surface area contributed by atoms with E-state index in [2.05, 4.69) is 19.2 Å². The van der Waals surface area contributed by atoms with Crippen LogP contribution < -0.4 is 11.1 Å². The minimum Gasteiger partial charge on any atom is -0.345 e. The average Bonchev–Trinajstić information content (AvgIpc) is 2.63. The van der Waals surface area contributed by atoms with Gasteiger partial charge in [0.2, 0.25) is 0 Å². The van der Waals surface area contributed by atoms with Crippen molar-refractivity contribution in [2.24, 2.45) is 11.7 Å². The highest BCUT2D eigenvalue weighted by molar-refractivity contribution is 7.12. The number of aryl methyl sites for hydroxylation is 1. The summed E-state index contributed by atoms with van der Waals surface area (Å²) in [4.78, 5) is 12.9. The fourth-order valence-electron chi connectivity index (χ4n) is 2.02. The number of nitrogens with one attached hydrogen (secondary N) is 1. The summed E-state index contributed by atoms with van der Waals surface area (Å²) in [5.74, 6) is 0.499. The molecular weight excluding hydrogens is 268 g/mol. The molecule has 104 valence electrons. The van der Waals surface area contributed by atoms with Gasteiger partial charge in [-0.1, -0.05) is 13.8 Å². The normalized spacial score (nSPS) is 13.9. The molecule has 0 aliphatic carbocycles. The summed E-state index contributed by atoms with van der Waals surface area (Å²) in [6, 6.07) is 1.96. The van der Waals surface area contributed by atoms with Crippen LogP contribution in [0.3, 0.4) is 0 Å². The second-order valence-corrected chi connectivity index (χ2v) is 6.17. The van der Waals surface area contributed by atoms with Crippen LogP contribution in [0.1, 0.15) is 42.4 Å². The van der Waals surface area contributed by atoms with Crippen LogP contribution in [0, 0.1) is 12.8 Å². The average molecular weight is 291 g/mol. The number of nitrogens with two attached hydrogens (primary N) is 1. The Morgan fingerprint density at radius 3 is 2.56 bits per heavy atom. The van der Waals surface area contributed by atoms with E-state index >= 15 is 0 Å². The fraction of sp³-hybridized carbons (Fsp3) is 0.615. The molecule has 0 spiro atoms. The molecule has 0 aliphatic rings. The van der Waals surface area contributed by atoms with E-state index in [1.165, 1.54) is 11.3 Å². The van der Waals surface area contributed by atoms with Gasteiger partial charge in [0.25, 0.3) is 5.91 Å². The largest absolute Gasteiger partial charge is 0.345 e. The van der Waals surface area contributed by atoms with Crippen molar-refractivity contribution >= 4 is 29.7 Å². The molecule has 0 aromatic carbocycles. The highest BCUT2D eigenvalue weighted by Gasteiger charge is 2.27. The minimum absolute atomic E-state index is 0. The van der Waals surface area contributed by atoms with Gasteiger partial charge >= 0.3 is 0 Å². The zero-order chi connectivity index (χ0) is 13.1. The smallest absolute Gasteiger partial charge is 0.262 e. The van der Waals surface area contributed by atoms with Gasteiger partial charge in [0.15, 0.2) is 0 Å². The first-order chi connectivity index (χ1) is 7.88. The van der Waals surface area contributed by atoms with E-state index in [1.807, 2.05) is 25.3 Å². The van der Waals surface area contributed by atoms with Crippen LogP contribution in [0.5, 0.6) is 0 Å². The summed E-state index contributed by atoms with van der Waals surface area (Å²) in [5.41, 5.74) is 6.49. The van der Waals surface area contributed by atoms with E-state index in [1.54, 1.807) is 0 Å². The predicted molar refractivity (Wildman–Crippen MR) is 80.7 cm³/mol. The molecule has 5 heteroatoms. The molecular formula is C13H23ClN2OS. The van der Waals surface area contributed by atoms with E-state index in [-0.39, 0.29) is 23.9 Å². The van der Waals surface area contributed by atoms with Crippen LogP contribution in [-0.4, -0.2) is 18.0 Å². The number of carbonyl (C=O) groups is 1. The lowest BCUT2D eigenvalue weighted by Gasteiger charge is -2.31. The van der Waals surface area contributed by atoms with Crippen molar-refractivity contribution in [1.82, 2.24) is 5.32 Å². The lowest BCUT2D eigenvalue weighted by Crippen LogP contribution is -2.52. The molecule has 0 bridgehead atoms. The maximum absolute atomic E-state index is 12.1. The molecule has 1 rings (SSSR count). The maximum atomic E-state index is 12.1. The van der Waals surface area contributed by atoms with Gasteiger partial charge in [0, 0.05) is 6.54 Å². The summed E-state index contributed by atoms with van der Waals surface area (Å²) < 4.78 is 0. The summed E-state index contributed by atoms with van der Waals surface area (Å²) in [6.45, 7) is 8.69. The van der Waals surface area contributed by atoms with Crippen molar-refractivity contribution in [1.29, 1.82) is 0 Å². The van der Waals surface area contributed by atoms with Crippen LogP contribution in [0.4, 0.5) is 0 Å². The minimum atomic E-state index is -0.318. The van der Waals surface area contributed by atoms with Gasteiger partial charge in [0.1, 0.15) is 0 Å². The summed E-state index contributed by atoms with van der Waals surface area (Å²) in [5, 5.41) is 5.00. The van der Waals surface area contributed by atoms with E-state index in [0.717, 1.165) is 16.9 Å². The lowest BCUT2D eigenvalue weighted by molar-refractivity contribution is 0.0902. The molecule has 1 amide bonds. The second kappa shape index (κ2) is 7.12. The van der Waals surface area contributed by atoms with E-state index in [9.17, 15) is 4.79 Å². The Bertz CT molecular complexity index is 392. The number of halogens is 1. The van der Waals surface area contributed by atoms with Crippen molar-refractivity contribution in [3.63, 3.8) is 0 Å². The molecule has 1 atom stereocenters. The first-order valence-corrected chi connectivity index (χ1v) is 6.82. The van der Waals surface area contributed by atoms with Gasteiger partial charge in [0.05, 0.1) is 10.4 Å². The molecule has 1 aromatic heterocycles. The molecule has 0 saturated heterocycles. The molecule has 0 radical (unpaired) electrons. The quantitative estimate of drug-likeness (QED) is 0.876. The van der Waals surface area contributed by atoms with Crippen LogP contribution in [-0.2, 0) is 0 Å². The summed E-state index contributed by atoms with van der Waals surface area (Å²) >= 11 is 1.47. The molecule has 0 aliphatic heterocycles. The molecule has 18 heavy (non-hydrogen) atoms. The Kier molecular flexibility index (Phi) is 6.89. The third-order valence-electron chi connectivity index (χ3n) is 2.79. The predicted octanol–water partition coefficient (Wildman–Crippen LogP) is 2.97. The van der Waals surface area contributed by atoms with Gasteiger partial charge in [-0.25, -0.2) is 0 Å². The standard InChI is InChI=1S/C13H22N2OS.ClH/c1-9(2)7-13(4,8-14)15-12(16)11-10(3)5-6-17-11;/h5-6,9H,7-8,14H2,1-4H3,(H,15,16);1H. The molecule has 1 unspecified atom stereocenters. The number of carbonyl (C=O) groups excluding carboxylic acids is 1. The first kappa shape index (κ1) is 17.4. The number of amides is 1. The van der Waals surface area contributed by atoms with Gasteiger partial charge in [-0.3, -0.25) is 4.79 Å². The number of rotatable bonds is 5. The molecule has 0 fully saturated rings. The maximum Gasteiger partial charge on any atom is 0.262 e. The van der Waals surface area contributed by atoms with E-state index < -0.39 is 0 Å². The Morgan fingerprint density at radius 2 is 2.17 bits per heavy atom. The first-order valence-electron chi connectivity index (χ1n) is 5.94. The van der Waals surface area contributed by atoms with Crippen molar-refractivity contribution in [2.45, 2.75) is 39.7 Å². The van der Waals surface area contributed by atoms with Gasteiger partial charge < -0.3 is 11.1 Å². The zero-order valence-corrected chi connectivity index (χ0v) is 13.1. The van der Waals surface area contributed by atoms with Crippen molar-refractivity contribution in [2.75, 3.05) is 6.54 Å². The second-order valence-electron chi connectivity index (χ2n) is 5.25. The molecule has 3 nitrogen and oxygen atoms in total. The zero-order valence-electron chi connectivity index (χ0n) is 11.4. The number of thiophene rings is 1. The Labute approximate surface area is 120 Å². The van der Waals surface area contributed by atoms with Crippen molar-refractivity contribution < 1.29 is 4.79 Å². The monoisotopic (exact) mass is 290 g/mol. The van der Waals surface area contributed by atoms with Crippen LogP contribution in [0.25, 0.3) is 0 Å². The topological polar surface area (TPSA) is 55.1 Å².